The molecule has 2 aromatic heterocycles. The first kappa shape index (κ1) is 14.7. The van der Waals surface area contributed by atoms with Crippen LogP contribution in [0.5, 0.6) is 0 Å². The van der Waals surface area contributed by atoms with Gasteiger partial charge in [0.2, 0.25) is 5.95 Å². The third kappa shape index (κ3) is 2.82. The molecule has 5 nitrogen and oxygen atoms in total. The Hall–Kier alpha value is -2.89. The van der Waals surface area contributed by atoms with Gasteiger partial charge in [-0.25, -0.2) is 9.37 Å². The minimum Gasteiger partial charge on any atom is -0.331 e. The molecule has 0 aliphatic carbocycles. The van der Waals surface area contributed by atoms with E-state index in [2.05, 4.69) is 25.1 Å². The fraction of sp³-hybridized carbons (Fsp3) is 0.222. The lowest BCUT2D eigenvalue weighted by molar-refractivity contribution is 0.628. The van der Waals surface area contributed by atoms with E-state index in [0.29, 0.717) is 11.6 Å². The van der Waals surface area contributed by atoms with E-state index >= 15 is 0 Å². The molecule has 120 valence electrons. The highest BCUT2D eigenvalue weighted by molar-refractivity contribution is 5.59. The number of aromatic nitrogens is 4. The first-order valence-electron chi connectivity index (χ1n) is 7.94. The Morgan fingerprint density at radius 3 is 2.75 bits per heavy atom. The zero-order chi connectivity index (χ0) is 16.4. The molecule has 1 atom stereocenters. The molecule has 1 saturated heterocycles. The molecule has 0 saturated carbocycles. The number of rotatable bonds is 3. The standard InChI is InChI=1S/C18H16FN5/c19-14-8-6-13(7-9-14)16-12-21-23-18(22-16)24-11-3-5-17(24)15-4-1-2-10-20-15/h1-2,4,6-10,12,17H,3,5,11H2. The Balaban J connectivity index is 1.66. The lowest BCUT2D eigenvalue weighted by Gasteiger charge is -2.23. The number of anilines is 1. The summed E-state index contributed by atoms with van der Waals surface area (Å²) in [5.74, 6) is 0.320. The van der Waals surface area contributed by atoms with Crippen molar-refractivity contribution in [3.8, 4) is 11.3 Å². The molecular formula is C18H16FN5. The maximum atomic E-state index is 13.1. The third-order valence-electron chi connectivity index (χ3n) is 4.23. The van der Waals surface area contributed by atoms with E-state index < -0.39 is 0 Å². The number of pyridine rings is 1. The second-order valence-electron chi connectivity index (χ2n) is 5.75. The van der Waals surface area contributed by atoms with E-state index in [4.69, 9.17) is 0 Å². The highest BCUT2D eigenvalue weighted by Crippen LogP contribution is 2.33. The molecule has 1 aliphatic rings. The van der Waals surface area contributed by atoms with Gasteiger partial charge in [-0.15, -0.1) is 5.10 Å². The van der Waals surface area contributed by atoms with Crippen LogP contribution in [-0.4, -0.2) is 26.7 Å². The van der Waals surface area contributed by atoms with Crippen LogP contribution in [0.15, 0.2) is 54.9 Å². The van der Waals surface area contributed by atoms with Crippen LogP contribution in [0.2, 0.25) is 0 Å². The highest BCUT2D eigenvalue weighted by atomic mass is 19.1. The second kappa shape index (κ2) is 6.31. The fourth-order valence-electron chi connectivity index (χ4n) is 3.06. The zero-order valence-electron chi connectivity index (χ0n) is 13.0. The van der Waals surface area contributed by atoms with Crippen LogP contribution >= 0.6 is 0 Å². The van der Waals surface area contributed by atoms with E-state index in [1.54, 1.807) is 24.5 Å². The normalized spacial score (nSPS) is 17.2. The van der Waals surface area contributed by atoms with Gasteiger partial charge in [-0.3, -0.25) is 4.98 Å². The molecule has 3 aromatic rings. The van der Waals surface area contributed by atoms with Crippen LogP contribution in [0.3, 0.4) is 0 Å². The van der Waals surface area contributed by atoms with Gasteiger partial charge in [0.1, 0.15) is 5.82 Å². The van der Waals surface area contributed by atoms with Crippen LogP contribution < -0.4 is 4.90 Å². The average molecular weight is 321 g/mol. The SMILES string of the molecule is Fc1ccc(-c2cnnc(N3CCCC3c3ccccn3)n2)cc1. The van der Waals surface area contributed by atoms with Gasteiger partial charge in [-0.1, -0.05) is 6.07 Å². The quantitative estimate of drug-likeness (QED) is 0.740. The van der Waals surface area contributed by atoms with Crippen LogP contribution in [-0.2, 0) is 0 Å². The topological polar surface area (TPSA) is 54.8 Å². The van der Waals surface area contributed by atoms with Crippen molar-refractivity contribution in [3.63, 3.8) is 0 Å². The van der Waals surface area contributed by atoms with E-state index in [1.807, 2.05) is 18.2 Å². The number of hydrogen-bond acceptors (Lipinski definition) is 5. The van der Waals surface area contributed by atoms with Crippen LogP contribution in [0.4, 0.5) is 10.3 Å². The Morgan fingerprint density at radius 1 is 1.08 bits per heavy atom. The van der Waals surface area contributed by atoms with Crippen molar-refractivity contribution in [3.05, 3.63) is 66.4 Å². The summed E-state index contributed by atoms with van der Waals surface area (Å²) < 4.78 is 13.1. The molecule has 24 heavy (non-hydrogen) atoms. The van der Waals surface area contributed by atoms with Gasteiger partial charge in [-0.2, -0.15) is 5.10 Å². The van der Waals surface area contributed by atoms with Gasteiger partial charge in [0, 0.05) is 18.3 Å². The van der Waals surface area contributed by atoms with Crippen molar-refractivity contribution in [1.29, 1.82) is 0 Å². The van der Waals surface area contributed by atoms with Crippen molar-refractivity contribution in [2.75, 3.05) is 11.4 Å². The summed E-state index contributed by atoms with van der Waals surface area (Å²) in [6.45, 7) is 0.871. The number of nitrogens with zero attached hydrogens (tertiary/aromatic N) is 5. The van der Waals surface area contributed by atoms with Gasteiger partial charge in [0.05, 0.1) is 23.6 Å². The van der Waals surface area contributed by atoms with Crippen molar-refractivity contribution in [2.45, 2.75) is 18.9 Å². The lowest BCUT2D eigenvalue weighted by Crippen LogP contribution is -2.25. The minimum absolute atomic E-state index is 0.163. The Morgan fingerprint density at radius 2 is 1.96 bits per heavy atom. The van der Waals surface area contributed by atoms with Gasteiger partial charge < -0.3 is 4.90 Å². The van der Waals surface area contributed by atoms with E-state index in [9.17, 15) is 4.39 Å². The summed E-state index contributed by atoms with van der Waals surface area (Å²) >= 11 is 0. The maximum absolute atomic E-state index is 13.1. The van der Waals surface area contributed by atoms with E-state index in [1.165, 1.54) is 12.1 Å². The van der Waals surface area contributed by atoms with E-state index in [-0.39, 0.29) is 11.9 Å². The Kier molecular flexibility index (Phi) is 3.86. The Labute approximate surface area is 139 Å². The summed E-state index contributed by atoms with van der Waals surface area (Å²) in [4.78, 5) is 11.2. The van der Waals surface area contributed by atoms with Gasteiger partial charge >= 0.3 is 0 Å². The van der Waals surface area contributed by atoms with Gasteiger partial charge in [0.25, 0.3) is 0 Å². The molecule has 1 aliphatic heterocycles. The third-order valence-corrected chi connectivity index (χ3v) is 4.23. The summed E-state index contributed by atoms with van der Waals surface area (Å²) in [5, 5.41) is 8.29. The van der Waals surface area contributed by atoms with Crippen molar-refractivity contribution < 1.29 is 4.39 Å². The number of hydrogen-bond donors (Lipinski definition) is 0. The summed E-state index contributed by atoms with van der Waals surface area (Å²) in [5.41, 5.74) is 2.53. The molecule has 1 fully saturated rings. The number of halogens is 1. The fourth-order valence-corrected chi connectivity index (χ4v) is 3.06. The molecule has 0 N–H and O–H groups in total. The van der Waals surface area contributed by atoms with Gasteiger partial charge in [-0.05, 0) is 49.2 Å². The summed E-state index contributed by atoms with van der Waals surface area (Å²) in [6.07, 6.45) is 5.48. The first-order chi connectivity index (χ1) is 11.8. The second-order valence-corrected chi connectivity index (χ2v) is 5.75. The molecular weight excluding hydrogens is 305 g/mol. The predicted octanol–water partition coefficient (Wildman–Crippen LogP) is 3.41. The summed E-state index contributed by atoms with van der Waals surface area (Å²) in [6, 6.07) is 12.3. The molecule has 0 spiro atoms. The molecule has 1 aromatic carbocycles. The smallest absolute Gasteiger partial charge is 0.246 e. The molecule has 0 amide bonds. The monoisotopic (exact) mass is 321 g/mol. The molecule has 4 rings (SSSR count). The molecule has 0 bridgehead atoms. The van der Waals surface area contributed by atoms with Crippen LogP contribution in [0, 0.1) is 5.82 Å². The van der Waals surface area contributed by atoms with Gasteiger partial charge in [0.15, 0.2) is 0 Å². The van der Waals surface area contributed by atoms with Crippen LogP contribution in [0.25, 0.3) is 11.3 Å². The highest BCUT2D eigenvalue weighted by Gasteiger charge is 2.29. The predicted molar refractivity (Wildman–Crippen MR) is 88.8 cm³/mol. The molecule has 0 radical (unpaired) electrons. The van der Waals surface area contributed by atoms with Crippen LogP contribution in [0.1, 0.15) is 24.6 Å². The molecule has 6 heteroatoms. The van der Waals surface area contributed by atoms with Crippen molar-refractivity contribution in [2.24, 2.45) is 0 Å². The average Bonchev–Trinajstić information content (AvgIpc) is 3.13. The Bertz CT molecular complexity index is 822. The zero-order valence-corrected chi connectivity index (χ0v) is 13.0. The molecule has 1 unspecified atom stereocenters. The lowest BCUT2D eigenvalue weighted by atomic mass is 10.1. The largest absolute Gasteiger partial charge is 0.331 e. The number of benzene rings is 1. The molecule has 3 heterocycles. The first-order valence-corrected chi connectivity index (χ1v) is 7.94. The maximum Gasteiger partial charge on any atom is 0.246 e. The van der Waals surface area contributed by atoms with Crippen molar-refractivity contribution >= 4 is 5.95 Å². The van der Waals surface area contributed by atoms with E-state index in [0.717, 1.165) is 30.6 Å². The minimum atomic E-state index is -0.268. The summed E-state index contributed by atoms with van der Waals surface area (Å²) in [7, 11) is 0. The van der Waals surface area contributed by atoms with Crippen molar-refractivity contribution in [1.82, 2.24) is 20.2 Å².